The molecule has 0 aliphatic rings. The lowest BCUT2D eigenvalue weighted by molar-refractivity contribution is -0.156. The summed E-state index contributed by atoms with van der Waals surface area (Å²) in [5.41, 5.74) is 1.43. The van der Waals surface area contributed by atoms with Gasteiger partial charge in [0.25, 0.3) is 5.91 Å². The molecule has 0 saturated heterocycles. The Labute approximate surface area is 236 Å². The number of esters is 1. The summed E-state index contributed by atoms with van der Waals surface area (Å²) in [7, 11) is 0. The van der Waals surface area contributed by atoms with Crippen molar-refractivity contribution in [2.24, 2.45) is 0 Å². The lowest BCUT2D eigenvalue weighted by Crippen LogP contribution is -2.34. The van der Waals surface area contributed by atoms with Crippen LogP contribution >= 0.6 is 11.6 Å². The second-order valence-corrected chi connectivity index (χ2v) is 9.34. The average molecular weight is 578 g/mol. The largest absolute Gasteiger partial charge is 0.484 e. The number of nitrogens with zero attached hydrogens (tertiary/aromatic N) is 1. The van der Waals surface area contributed by atoms with Crippen LogP contribution in [-0.2, 0) is 44.7 Å². The van der Waals surface area contributed by atoms with Crippen molar-refractivity contribution in [3.05, 3.63) is 100 Å². The highest BCUT2D eigenvalue weighted by Gasteiger charge is 2.30. The van der Waals surface area contributed by atoms with E-state index in [0.717, 1.165) is 23.3 Å². The minimum Gasteiger partial charge on any atom is -0.484 e. The van der Waals surface area contributed by atoms with Gasteiger partial charge in [0.1, 0.15) is 5.75 Å². The highest BCUT2D eigenvalue weighted by Crippen LogP contribution is 2.29. The third-order valence-corrected chi connectivity index (χ3v) is 6.17. The third kappa shape index (κ3) is 9.57. The van der Waals surface area contributed by atoms with Gasteiger partial charge in [-0.05, 0) is 66.9 Å². The first-order valence-corrected chi connectivity index (χ1v) is 13.1. The zero-order chi connectivity index (χ0) is 29.1. The Morgan fingerprint density at radius 2 is 1.38 bits per heavy atom. The summed E-state index contributed by atoms with van der Waals surface area (Å²) in [6.45, 7) is 4.18. The van der Waals surface area contributed by atoms with Crippen LogP contribution in [0.4, 0.5) is 13.2 Å². The van der Waals surface area contributed by atoms with Gasteiger partial charge in [0, 0.05) is 31.1 Å². The third-order valence-electron chi connectivity index (χ3n) is 5.92. The predicted octanol–water partition coefficient (Wildman–Crippen LogP) is 6.48. The van der Waals surface area contributed by atoms with Crippen molar-refractivity contribution in [1.82, 2.24) is 4.90 Å². The summed E-state index contributed by atoms with van der Waals surface area (Å²) in [5.74, 6) is -0.330. The summed E-state index contributed by atoms with van der Waals surface area (Å²) < 4.78 is 55.2. The van der Waals surface area contributed by atoms with Gasteiger partial charge in [0.05, 0.1) is 12.2 Å². The number of alkyl halides is 3. The summed E-state index contributed by atoms with van der Waals surface area (Å²) >= 11 is 5.97. The Morgan fingerprint density at radius 1 is 0.825 bits per heavy atom. The van der Waals surface area contributed by atoms with E-state index in [-0.39, 0.29) is 32.2 Å². The van der Waals surface area contributed by atoms with Crippen molar-refractivity contribution in [2.45, 2.75) is 45.6 Å². The van der Waals surface area contributed by atoms with Gasteiger partial charge in [-0.25, -0.2) is 4.79 Å². The second-order valence-electron chi connectivity index (χ2n) is 8.90. The van der Waals surface area contributed by atoms with Crippen LogP contribution < -0.4 is 4.74 Å². The van der Waals surface area contributed by atoms with Crippen LogP contribution in [0.2, 0.25) is 5.02 Å². The van der Waals surface area contributed by atoms with E-state index in [1.807, 2.05) is 0 Å². The molecule has 0 N–H and O–H groups in total. The molecular formula is C30H31ClF3NO5. The van der Waals surface area contributed by atoms with E-state index in [9.17, 15) is 22.8 Å². The number of benzene rings is 3. The van der Waals surface area contributed by atoms with Gasteiger partial charge < -0.3 is 19.1 Å². The van der Waals surface area contributed by atoms with Gasteiger partial charge in [-0.1, -0.05) is 48.0 Å². The molecule has 0 bridgehead atoms. The SMILES string of the molecule is CCOC(=O)[C@H](Cc1ccc(OCC(=O)N(Cc2ccc(Cl)cc2)Cc2ccc(C(F)(F)F)cc2)cc1)OCC. The Bertz CT molecular complexity index is 1230. The first-order valence-electron chi connectivity index (χ1n) is 12.8. The lowest BCUT2D eigenvalue weighted by atomic mass is 10.1. The van der Waals surface area contributed by atoms with Crippen molar-refractivity contribution in [3.8, 4) is 5.75 Å². The van der Waals surface area contributed by atoms with Crippen LogP contribution in [0.1, 0.15) is 36.1 Å². The highest BCUT2D eigenvalue weighted by molar-refractivity contribution is 6.30. The van der Waals surface area contributed by atoms with Gasteiger partial charge in [-0.3, -0.25) is 4.79 Å². The van der Waals surface area contributed by atoms with E-state index in [1.54, 1.807) is 62.4 Å². The molecule has 1 amide bonds. The first kappa shape index (κ1) is 31.0. The normalized spacial score (nSPS) is 12.1. The Hall–Kier alpha value is -3.56. The van der Waals surface area contributed by atoms with Crippen molar-refractivity contribution in [3.63, 3.8) is 0 Å². The molecule has 0 aliphatic heterocycles. The molecule has 0 spiro atoms. The number of rotatable bonds is 13. The van der Waals surface area contributed by atoms with Crippen LogP contribution in [0.5, 0.6) is 5.75 Å². The monoisotopic (exact) mass is 577 g/mol. The summed E-state index contributed by atoms with van der Waals surface area (Å²) in [6, 6.07) is 18.6. The second kappa shape index (κ2) is 14.7. The first-order chi connectivity index (χ1) is 19.1. The topological polar surface area (TPSA) is 65.1 Å². The molecule has 0 unspecified atom stereocenters. The molecule has 3 aromatic rings. The smallest absolute Gasteiger partial charge is 0.416 e. The molecule has 214 valence electrons. The zero-order valence-corrected chi connectivity index (χ0v) is 23.0. The number of halogens is 4. The molecular weight excluding hydrogens is 547 g/mol. The number of carbonyl (C=O) groups is 2. The van der Waals surface area contributed by atoms with E-state index < -0.39 is 23.8 Å². The van der Waals surface area contributed by atoms with E-state index in [1.165, 1.54) is 17.0 Å². The Kier molecular flexibility index (Phi) is 11.4. The maximum Gasteiger partial charge on any atom is 0.416 e. The quantitative estimate of drug-likeness (QED) is 0.218. The van der Waals surface area contributed by atoms with Crippen molar-refractivity contribution in [2.75, 3.05) is 19.8 Å². The highest BCUT2D eigenvalue weighted by atomic mass is 35.5. The van der Waals surface area contributed by atoms with Crippen LogP contribution in [0, 0.1) is 0 Å². The van der Waals surface area contributed by atoms with Crippen LogP contribution in [0.3, 0.4) is 0 Å². The molecule has 6 nitrogen and oxygen atoms in total. The number of ether oxygens (including phenoxy) is 3. The van der Waals surface area contributed by atoms with E-state index in [0.29, 0.717) is 29.4 Å². The van der Waals surface area contributed by atoms with Crippen molar-refractivity contribution >= 4 is 23.5 Å². The van der Waals surface area contributed by atoms with E-state index in [2.05, 4.69) is 0 Å². The van der Waals surface area contributed by atoms with Crippen LogP contribution in [0.25, 0.3) is 0 Å². The maximum atomic E-state index is 13.2. The average Bonchev–Trinajstić information content (AvgIpc) is 2.93. The minimum absolute atomic E-state index is 0.0918. The number of hydrogen-bond acceptors (Lipinski definition) is 5. The fourth-order valence-electron chi connectivity index (χ4n) is 3.88. The van der Waals surface area contributed by atoms with Gasteiger partial charge >= 0.3 is 12.1 Å². The molecule has 0 aromatic heterocycles. The maximum absolute atomic E-state index is 13.2. The fourth-order valence-corrected chi connectivity index (χ4v) is 4.01. The van der Waals surface area contributed by atoms with Gasteiger partial charge in [0.2, 0.25) is 0 Å². The van der Waals surface area contributed by atoms with Crippen molar-refractivity contribution in [1.29, 1.82) is 0 Å². The standard InChI is InChI=1S/C30H31ClF3NO5/c1-3-38-27(29(37)39-4-2)17-21-9-15-26(16-10-21)40-20-28(36)35(19-23-7-13-25(31)14-8-23)18-22-5-11-24(12-6-22)30(32,33)34/h5-16,27H,3-4,17-20H2,1-2H3/t27-/m0/s1. The summed E-state index contributed by atoms with van der Waals surface area (Å²) in [5, 5.41) is 0.547. The van der Waals surface area contributed by atoms with Gasteiger partial charge in [-0.2, -0.15) is 13.2 Å². The van der Waals surface area contributed by atoms with E-state index >= 15 is 0 Å². The number of hydrogen-bond donors (Lipinski definition) is 0. The minimum atomic E-state index is -4.44. The number of carbonyl (C=O) groups excluding carboxylic acids is 2. The fraction of sp³-hybridized carbons (Fsp3) is 0.333. The van der Waals surface area contributed by atoms with Crippen molar-refractivity contribution < 1.29 is 37.0 Å². The molecule has 3 aromatic carbocycles. The van der Waals surface area contributed by atoms with Gasteiger partial charge in [-0.15, -0.1) is 0 Å². The van der Waals surface area contributed by atoms with Crippen LogP contribution in [-0.4, -0.2) is 42.7 Å². The molecule has 0 fully saturated rings. The summed E-state index contributed by atoms with van der Waals surface area (Å²) in [4.78, 5) is 26.8. The lowest BCUT2D eigenvalue weighted by Gasteiger charge is -2.23. The van der Waals surface area contributed by atoms with Crippen LogP contribution in [0.15, 0.2) is 72.8 Å². The molecule has 40 heavy (non-hydrogen) atoms. The number of amides is 1. The van der Waals surface area contributed by atoms with E-state index in [4.69, 9.17) is 25.8 Å². The zero-order valence-electron chi connectivity index (χ0n) is 22.2. The molecule has 0 heterocycles. The Morgan fingerprint density at radius 3 is 1.90 bits per heavy atom. The molecule has 10 heteroatoms. The Balaban J connectivity index is 1.66. The molecule has 0 radical (unpaired) electrons. The molecule has 0 aliphatic carbocycles. The predicted molar refractivity (Wildman–Crippen MR) is 145 cm³/mol. The summed E-state index contributed by atoms with van der Waals surface area (Å²) in [6.07, 6.45) is -4.83. The molecule has 1 atom stereocenters. The molecule has 3 rings (SSSR count). The molecule has 0 saturated carbocycles. The van der Waals surface area contributed by atoms with Gasteiger partial charge in [0.15, 0.2) is 12.7 Å².